The Labute approximate surface area is 105 Å². The van der Waals surface area contributed by atoms with Gasteiger partial charge in [-0.3, -0.25) is 0 Å². The van der Waals surface area contributed by atoms with Gasteiger partial charge in [0.1, 0.15) is 6.04 Å². The topological polar surface area (TPSA) is 69.6 Å². The van der Waals surface area contributed by atoms with Gasteiger partial charge in [0.2, 0.25) is 0 Å². The summed E-state index contributed by atoms with van der Waals surface area (Å²) >= 11 is 1.57. The first-order chi connectivity index (χ1) is 8.15. The predicted molar refractivity (Wildman–Crippen MR) is 68.3 cm³/mol. The fraction of sp³-hybridized carbons (Fsp3) is 0.636. The van der Waals surface area contributed by atoms with Gasteiger partial charge < -0.3 is 15.3 Å². The van der Waals surface area contributed by atoms with Crippen molar-refractivity contribution in [2.24, 2.45) is 0 Å². The Morgan fingerprint density at radius 3 is 2.82 bits per heavy atom. The zero-order valence-electron chi connectivity index (χ0n) is 9.89. The highest BCUT2D eigenvalue weighted by Gasteiger charge is 2.22. The van der Waals surface area contributed by atoms with Gasteiger partial charge in [0, 0.05) is 13.1 Å². The van der Waals surface area contributed by atoms with E-state index in [-0.39, 0.29) is 6.03 Å². The number of amides is 2. The van der Waals surface area contributed by atoms with Crippen molar-refractivity contribution in [2.75, 3.05) is 25.1 Å². The molecule has 0 aromatic carbocycles. The van der Waals surface area contributed by atoms with Crippen LogP contribution in [0.1, 0.15) is 12.8 Å². The lowest BCUT2D eigenvalue weighted by Gasteiger charge is -2.25. The van der Waals surface area contributed by atoms with E-state index in [2.05, 4.69) is 5.32 Å². The summed E-state index contributed by atoms with van der Waals surface area (Å²) in [5.41, 5.74) is 0. The Morgan fingerprint density at radius 1 is 1.53 bits per heavy atom. The third-order valence-electron chi connectivity index (χ3n) is 2.55. The first kappa shape index (κ1) is 13.9. The summed E-state index contributed by atoms with van der Waals surface area (Å²) in [6, 6.07) is -1.08. The van der Waals surface area contributed by atoms with Gasteiger partial charge in [-0.15, -0.1) is 0 Å². The summed E-state index contributed by atoms with van der Waals surface area (Å²) in [6.07, 6.45) is 7.13. The summed E-state index contributed by atoms with van der Waals surface area (Å²) in [5, 5.41) is 11.6. The number of carboxylic acid groups (broad SMARTS) is 1. The lowest BCUT2D eigenvalue weighted by atomic mass is 10.2. The number of thioether (sulfide) groups is 1. The van der Waals surface area contributed by atoms with Crippen molar-refractivity contribution in [3.63, 3.8) is 0 Å². The van der Waals surface area contributed by atoms with E-state index >= 15 is 0 Å². The Bertz CT molecular complexity index is 307. The number of nitrogens with zero attached hydrogens (tertiary/aromatic N) is 1. The zero-order chi connectivity index (χ0) is 12.7. The number of aliphatic carboxylic acids is 1. The smallest absolute Gasteiger partial charge is 0.326 e. The van der Waals surface area contributed by atoms with Crippen LogP contribution >= 0.6 is 11.8 Å². The summed E-state index contributed by atoms with van der Waals surface area (Å²) in [6.45, 7) is 1.21. The van der Waals surface area contributed by atoms with Crippen molar-refractivity contribution in [2.45, 2.75) is 18.9 Å². The van der Waals surface area contributed by atoms with Crippen LogP contribution < -0.4 is 5.32 Å². The minimum Gasteiger partial charge on any atom is -0.480 e. The molecule has 0 aromatic heterocycles. The third-order valence-corrected chi connectivity index (χ3v) is 3.20. The van der Waals surface area contributed by atoms with Crippen molar-refractivity contribution in [3.05, 3.63) is 12.2 Å². The average Bonchev–Trinajstić information content (AvgIpc) is 2.35. The molecule has 1 heterocycles. The summed E-state index contributed by atoms with van der Waals surface area (Å²) < 4.78 is 0. The molecule has 1 aliphatic rings. The number of carbonyl (C=O) groups excluding carboxylic acids is 1. The van der Waals surface area contributed by atoms with E-state index in [1.165, 1.54) is 0 Å². The van der Waals surface area contributed by atoms with E-state index in [1.54, 1.807) is 16.7 Å². The fourth-order valence-corrected chi connectivity index (χ4v) is 2.03. The van der Waals surface area contributed by atoms with Gasteiger partial charge in [0.05, 0.1) is 0 Å². The SMILES string of the molecule is CSCC[C@H](NC(=O)N1CC=CCC1)C(=O)O. The maximum absolute atomic E-state index is 11.8. The van der Waals surface area contributed by atoms with Crippen LogP contribution in [0.3, 0.4) is 0 Å². The van der Waals surface area contributed by atoms with Crippen LogP contribution in [0, 0.1) is 0 Å². The zero-order valence-corrected chi connectivity index (χ0v) is 10.7. The molecule has 96 valence electrons. The molecule has 0 bridgehead atoms. The van der Waals surface area contributed by atoms with Crippen LogP contribution in [-0.4, -0.2) is 53.1 Å². The lowest BCUT2D eigenvalue weighted by molar-refractivity contribution is -0.139. The second-order valence-corrected chi connectivity index (χ2v) is 4.81. The van der Waals surface area contributed by atoms with E-state index in [1.807, 2.05) is 18.4 Å². The Kier molecular flexibility index (Phi) is 5.90. The standard InChI is InChI=1S/C11H18N2O3S/c1-17-8-5-9(10(14)15)12-11(16)13-6-3-2-4-7-13/h2-3,9H,4-8H2,1H3,(H,12,16)(H,14,15)/t9-/m0/s1. The van der Waals surface area contributed by atoms with Gasteiger partial charge in [-0.2, -0.15) is 11.8 Å². The maximum Gasteiger partial charge on any atom is 0.326 e. The average molecular weight is 258 g/mol. The van der Waals surface area contributed by atoms with Gasteiger partial charge in [-0.1, -0.05) is 12.2 Å². The van der Waals surface area contributed by atoms with Crippen LogP contribution in [-0.2, 0) is 4.79 Å². The van der Waals surface area contributed by atoms with Crippen LogP contribution in [0.5, 0.6) is 0 Å². The molecule has 0 aromatic rings. The first-order valence-electron chi connectivity index (χ1n) is 5.57. The van der Waals surface area contributed by atoms with Gasteiger partial charge in [0.25, 0.3) is 0 Å². The molecule has 0 fully saturated rings. The number of nitrogens with one attached hydrogen (secondary N) is 1. The van der Waals surface area contributed by atoms with Gasteiger partial charge in [0.15, 0.2) is 0 Å². The van der Waals surface area contributed by atoms with E-state index < -0.39 is 12.0 Å². The van der Waals surface area contributed by atoms with Crippen LogP contribution in [0.2, 0.25) is 0 Å². The molecular weight excluding hydrogens is 240 g/mol. The number of hydrogen-bond donors (Lipinski definition) is 2. The van der Waals surface area contributed by atoms with Crippen molar-refractivity contribution < 1.29 is 14.7 Å². The minimum atomic E-state index is -0.972. The molecule has 0 saturated heterocycles. The molecule has 0 spiro atoms. The van der Waals surface area contributed by atoms with E-state index in [0.29, 0.717) is 19.5 Å². The predicted octanol–water partition coefficient (Wildman–Crippen LogP) is 1.16. The summed E-state index contributed by atoms with van der Waals surface area (Å²) in [4.78, 5) is 24.4. The van der Waals surface area contributed by atoms with Gasteiger partial charge >= 0.3 is 12.0 Å². The number of carbonyl (C=O) groups is 2. The Morgan fingerprint density at radius 2 is 2.29 bits per heavy atom. The van der Waals surface area contributed by atoms with E-state index in [9.17, 15) is 9.59 Å². The molecule has 6 heteroatoms. The molecule has 0 radical (unpaired) electrons. The summed E-state index contributed by atoms with van der Waals surface area (Å²) in [7, 11) is 0. The van der Waals surface area contributed by atoms with Crippen LogP contribution in [0.25, 0.3) is 0 Å². The molecule has 1 aliphatic heterocycles. The molecule has 17 heavy (non-hydrogen) atoms. The fourth-order valence-electron chi connectivity index (χ4n) is 1.56. The largest absolute Gasteiger partial charge is 0.480 e. The van der Waals surface area contributed by atoms with Crippen molar-refractivity contribution in [1.82, 2.24) is 10.2 Å². The molecular formula is C11H18N2O3S. The van der Waals surface area contributed by atoms with E-state index in [0.717, 1.165) is 12.2 Å². The van der Waals surface area contributed by atoms with Crippen LogP contribution in [0.4, 0.5) is 4.79 Å². The van der Waals surface area contributed by atoms with Crippen molar-refractivity contribution in [3.8, 4) is 0 Å². The quantitative estimate of drug-likeness (QED) is 0.726. The monoisotopic (exact) mass is 258 g/mol. The second kappa shape index (κ2) is 7.21. The Balaban J connectivity index is 2.45. The van der Waals surface area contributed by atoms with Crippen molar-refractivity contribution in [1.29, 1.82) is 0 Å². The highest BCUT2D eigenvalue weighted by Crippen LogP contribution is 2.05. The molecule has 0 saturated carbocycles. The maximum atomic E-state index is 11.8. The number of rotatable bonds is 5. The number of urea groups is 1. The van der Waals surface area contributed by atoms with Crippen LogP contribution in [0.15, 0.2) is 12.2 Å². The second-order valence-electron chi connectivity index (χ2n) is 3.83. The molecule has 0 unspecified atom stereocenters. The van der Waals surface area contributed by atoms with E-state index in [4.69, 9.17) is 5.11 Å². The third kappa shape index (κ3) is 4.68. The highest BCUT2D eigenvalue weighted by atomic mass is 32.2. The Hall–Kier alpha value is -1.17. The first-order valence-corrected chi connectivity index (χ1v) is 6.96. The molecule has 0 aliphatic carbocycles. The minimum absolute atomic E-state index is 0.289. The van der Waals surface area contributed by atoms with Gasteiger partial charge in [-0.05, 0) is 24.9 Å². The molecule has 1 atom stereocenters. The normalized spacial score (nSPS) is 16.6. The lowest BCUT2D eigenvalue weighted by Crippen LogP contribution is -2.49. The van der Waals surface area contributed by atoms with Crippen molar-refractivity contribution >= 4 is 23.8 Å². The molecule has 2 amide bonds. The number of carboxylic acids is 1. The summed E-state index contributed by atoms with van der Waals surface area (Å²) in [5.74, 6) is -0.253. The number of hydrogen-bond acceptors (Lipinski definition) is 3. The van der Waals surface area contributed by atoms with Gasteiger partial charge in [-0.25, -0.2) is 9.59 Å². The molecule has 1 rings (SSSR count). The molecule has 2 N–H and O–H groups in total. The molecule has 5 nitrogen and oxygen atoms in total. The highest BCUT2D eigenvalue weighted by molar-refractivity contribution is 7.98.